The molecular formula is C23H30N4OS. The van der Waals surface area contributed by atoms with Crippen LogP contribution in [-0.4, -0.2) is 40.0 Å². The van der Waals surface area contributed by atoms with Crippen LogP contribution >= 0.6 is 11.3 Å². The lowest BCUT2D eigenvalue weighted by Crippen LogP contribution is -2.44. The zero-order chi connectivity index (χ0) is 20.5. The minimum atomic E-state index is -0.0266. The highest BCUT2D eigenvalue weighted by Crippen LogP contribution is 2.35. The van der Waals surface area contributed by atoms with E-state index in [2.05, 4.69) is 67.2 Å². The first-order valence-corrected chi connectivity index (χ1v) is 11.3. The second-order valence-corrected chi connectivity index (χ2v) is 9.67. The van der Waals surface area contributed by atoms with E-state index in [0.29, 0.717) is 18.6 Å². The first-order chi connectivity index (χ1) is 13.9. The number of benzene rings is 1. The van der Waals surface area contributed by atoms with Gasteiger partial charge in [-0.05, 0) is 32.3 Å². The molecule has 0 spiro atoms. The van der Waals surface area contributed by atoms with Crippen molar-refractivity contribution in [2.75, 3.05) is 13.1 Å². The van der Waals surface area contributed by atoms with Gasteiger partial charge in [-0.3, -0.25) is 9.69 Å². The summed E-state index contributed by atoms with van der Waals surface area (Å²) in [6.45, 7) is 11.3. The number of thiophene rings is 1. The Kier molecular flexibility index (Phi) is 5.86. The van der Waals surface area contributed by atoms with Crippen molar-refractivity contribution in [3.8, 4) is 11.1 Å². The van der Waals surface area contributed by atoms with E-state index in [9.17, 15) is 4.79 Å². The molecule has 4 rings (SSSR count). The number of likely N-dealkylation sites (tertiary alicyclic amines) is 1. The van der Waals surface area contributed by atoms with Gasteiger partial charge in [-0.15, -0.1) is 11.3 Å². The number of aromatic nitrogens is 2. The molecule has 0 radical (unpaired) electrons. The Bertz CT molecular complexity index is 1040. The SMILES string of the molecule is Cc1ccc(-c2c(C)sc3nc(CN4CCC(NC(C)C)CC4)[nH]c(=O)c23)cc1. The van der Waals surface area contributed by atoms with Gasteiger partial charge in [0.15, 0.2) is 0 Å². The number of aryl methyl sites for hydroxylation is 2. The number of nitrogens with zero attached hydrogens (tertiary/aromatic N) is 2. The Labute approximate surface area is 176 Å². The van der Waals surface area contributed by atoms with Gasteiger partial charge < -0.3 is 10.3 Å². The summed E-state index contributed by atoms with van der Waals surface area (Å²) in [6, 6.07) is 9.48. The fourth-order valence-electron chi connectivity index (χ4n) is 4.25. The average molecular weight is 411 g/mol. The van der Waals surface area contributed by atoms with Crippen molar-refractivity contribution >= 4 is 21.6 Å². The molecule has 5 nitrogen and oxygen atoms in total. The molecule has 29 heavy (non-hydrogen) atoms. The number of H-pyrrole nitrogens is 1. The van der Waals surface area contributed by atoms with E-state index >= 15 is 0 Å². The highest BCUT2D eigenvalue weighted by atomic mass is 32.1. The van der Waals surface area contributed by atoms with Gasteiger partial charge in [0.2, 0.25) is 0 Å². The van der Waals surface area contributed by atoms with E-state index in [4.69, 9.17) is 4.98 Å². The van der Waals surface area contributed by atoms with Crippen molar-refractivity contribution in [1.29, 1.82) is 0 Å². The maximum atomic E-state index is 13.0. The van der Waals surface area contributed by atoms with Crippen molar-refractivity contribution in [2.45, 2.75) is 59.2 Å². The Balaban J connectivity index is 1.56. The van der Waals surface area contributed by atoms with Crippen LogP contribution in [0.25, 0.3) is 21.3 Å². The topological polar surface area (TPSA) is 61.0 Å². The molecule has 1 aliphatic rings. The molecule has 2 N–H and O–H groups in total. The maximum absolute atomic E-state index is 13.0. The van der Waals surface area contributed by atoms with Gasteiger partial charge in [-0.1, -0.05) is 43.7 Å². The number of hydrogen-bond acceptors (Lipinski definition) is 5. The number of fused-ring (bicyclic) bond motifs is 1. The summed E-state index contributed by atoms with van der Waals surface area (Å²) in [7, 11) is 0. The molecule has 2 aromatic heterocycles. The summed E-state index contributed by atoms with van der Waals surface area (Å²) in [6.07, 6.45) is 2.28. The minimum Gasteiger partial charge on any atom is -0.312 e. The quantitative estimate of drug-likeness (QED) is 0.661. The second kappa shape index (κ2) is 8.38. The number of hydrogen-bond donors (Lipinski definition) is 2. The van der Waals surface area contributed by atoms with Gasteiger partial charge >= 0.3 is 0 Å². The van der Waals surface area contributed by atoms with Crippen molar-refractivity contribution in [3.63, 3.8) is 0 Å². The maximum Gasteiger partial charge on any atom is 0.260 e. The van der Waals surface area contributed by atoms with Gasteiger partial charge in [0.25, 0.3) is 5.56 Å². The van der Waals surface area contributed by atoms with E-state index in [-0.39, 0.29) is 5.56 Å². The third-order valence-corrected chi connectivity index (χ3v) is 6.66. The highest BCUT2D eigenvalue weighted by Gasteiger charge is 2.21. The van der Waals surface area contributed by atoms with E-state index in [1.807, 2.05) is 0 Å². The van der Waals surface area contributed by atoms with Crippen LogP contribution in [0.4, 0.5) is 0 Å². The predicted molar refractivity (Wildman–Crippen MR) is 122 cm³/mol. The standard InChI is InChI=1S/C23H30N4OS/c1-14(2)24-18-9-11-27(12-10-18)13-19-25-22(28)21-20(16(4)29-23(21)26-19)17-7-5-15(3)6-8-17/h5-8,14,18,24H,9-13H2,1-4H3,(H,25,26,28). The van der Waals surface area contributed by atoms with Gasteiger partial charge in [-0.2, -0.15) is 0 Å². The number of rotatable bonds is 5. The van der Waals surface area contributed by atoms with Gasteiger partial charge in [-0.25, -0.2) is 4.98 Å². The summed E-state index contributed by atoms with van der Waals surface area (Å²) in [5.74, 6) is 0.773. The lowest BCUT2D eigenvalue weighted by atomic mass is 10.0. The Morgan fingerprint density at radius 1 is 1.21 bits per heavy atom. The van der Waals surface area contributed by atoms with Crippen LogP contribution in [0.2, 0.25) is 0 Å². The monoisotopic (exact) mass is 410 g/mol. The fraction of sp³-hybridized carbons (Fsp3) is 0.478. The third kappa shape index (κ3) is 4.44. The van der Waals surface area contributed by atoms with Crippen molar-refractivity contribution in [1.82, 2.24) is 20.2 Å². The van der Waals surface area contributed by atoms with Crippen molar-refractivity contribution in [3.05, 3.63) is 50.9 Å². The molecule has 0 unspecified atom stereocenters. The lowest BCUT2D eigenvalue weighted by molar-refractivity contribution is 0.183. The zero-order valence-electron chi connectivity index (χ0n) is 17.7. The predicted octanol–water partition coefficient (Wildman–Crippen LogP) is 4.23. The lowest BCUT2D eigenvalue weighted by Gasteiger charge is -2.33. The summed E-state index contributed by atoms with van der Waals surface area (Å²) in [5, 5.41) is 4.35. The molecule has 0 bridgehead atoms. The van der Waals surface area contributed by atoms with Crippen molar-refractivity contribution < 1.29 is 0 Å². The molecule has 3 aromatic rings. The molecule has 0 aliphatic carbocycles. The Hall–Kier alpha value is -2.02. The molecule has 1 fully saturated rings. The van der Waals surface area contributed by atoms with Crippen LogP contribution in [0.3, 0.4) is 0 Å². The summed E-state index contributed by atoms with van der Waals surface area (Å²) in [5.41, 5.74) is 3.29. The van der Waals surface area contributed by atoms with Crippen molar-refractivity contribution in [2.24, 2.45) is 0 Å². The van der Waals surface area contributed by atoms with Crippen LogP contribution < -0.4 is 10.9 Å². The van der Waals surface area contributed by atoms with E-state index < -0.39 is 0 Å². The molecule has 1 aliphatic heterocycles. The molecule has 3 heterocycles. The van der Waals surface area contributed by atoms with Crippen LogP contribution in [0, 0.1) is 13.8 Å². The van der Waals surface area contributed by atoms with Crippen LogP contribution in [-0.2, 0) is 6.54 Å². The van der Waals surface area contributed by atoms with E-state index in [0.717, 1.165) is 58.0 Å². The molecule has 0 atom stereocenters. The zero-order valence-corrected chi connectivity index (χ0v) is 18.5. The average Bonchev–Trinajstić information content (AvgIpc) is 3.00. The van der Waals surface area contributed by atoms with Crippen LogP contribution in [0.1, 0.15) is 43.0 Å². The number of aromatic amines is 1. The summed E-state index contributed by atoms with van der Waals surface area (Å²) >= 11 is 1.62. The molecular weight excluding hydrogens is 380 g/mol. The molecule has 6 heteroatoms. The minimum absolute atomic E-state index is 0.0266. The largest absolute Gasteiger partial charge is 0.312 e. The smallest absolute Gasteiger partial charge is 0.260 e. The molecule has 1 saturated heterocycles. The first kappa shape index (κ1) is 20.3. The van der Waals surface area contributed by atoms with Crippen LogP contribution in [0.5, 0.6) is 0 Å². The third-order valence-electron chi connectivity index (χ3n) is 5.66. The number of piperidine rings is 1. The normalized spacial score (nSPS) is 16.2. The van der Waals surface area contributed by atoms with E-state index in [1.54, 1.807) is 11.3 Å². The molecule has 1 aromatic carbocycles. The van der Waals surface area contributed by atoms with Gasteiger partial charge in [0, 0.05) is 35.6 Å². The highest BCUT2D eigenvalue weighted by molar-refractivity contribution is 7.19. The Morgan fingerprint density at radius 2 is 1.90 bits per heavy atom. The first-order valence-electron chi connectivity index (χ1n) is 10.5. The van der Waals surface area contributed by atoms with Gasteiger partial charge in [0.05, 0.1) is 11.9 Å². The fourth-order valence-corrected chi connectivity index (χ4v) is 5.31. The second-order valence-electron chi connectivity index (χ2n) is 8.46. The number of nitrogens with one attached hydrogen (secondary N) is 2. The Morgan fingerprint density at radius 3 is 2.55 bits per heavy atom. The molecule has 0 saturated carbocycles. The summed E-state index contributed by atoms with van der Waals surface area (Å²) < 4.78 is 0. The van der Waals surface area contributed by atoms with E-state index in [1.165, 1.54) is 5.56 Å². The van der Waals surface area contributed by atoms with Crippen LogP contribution in [0.15, 0.2) is 29.1 Å². The summed E-state index contributed by atoms with van der Waals surface area (Å²) in [4.78, 5) is 25.2. The molecule has 154 valence electrons. The molecule has 0 amide bonds. The van der Waals surface area contributed by atoms with Gasteiger partial charge in [0.1, 0.15) is 10.7 Å².